The van der Waals surface area contributed by atoms with Gasteiger partial charge in [-0.25, -0.2) is 0 Å². The van der Waals surface area contributed by atoms with E-state index in [1.54, 1.807) is 12.4 Å². The molecule has 0 N–H and O–H groups in total. The zero-order chi connectivity index (χ0) is 11.3. The van der Waals surface area contributed by atoms with Crippen LogP contribution in [0.1, 0.15) is 26.3 Å². The number of hydrogen-bond donors (Lipinski definition) is 0. The van der Waals surface area contributed by atoms with Crippen molar-refractivity contribution in [1.29, 1.82) is 0 Å². The zero-order valence-electron chi connectivity index (χ0n) is 9.43. The Kier molecular flexibility index (Phi) is 4.28. The number of nitrogens with zero attached hydrogens (tertiary/aromatic N) is 1. The summed E-state index contributed by atoms with van der Waals surface area (Å²) >= 11 is 0. The Morgan fingerprint density at radius 3 is 2.73 bits per heavy atom. The van der Waals surface area contributed by atoms with Gasteiger partial charge in [0.1, 0.15) is 12.0 Å². The molecule has 0 aliphatic carbocycles. The maximum atomic E-state index is 10.5. The number of pyridine rings is 1. The standard InChI is InChI=1S/C12H17NO2/c1-9(2)15-12-5-11(6-13-7-12)4-10(3)8-14/h5-10H,4H2,1-3H3. The summed E-state index contributed by atoms with van der Waals surface area (Å²) in [5, 5.41) is 0. The lowest BCUT2D eigenvalue weighted by Gasteiger charge is -2.10. The molecule has 0 bridgehead atoms. The zero-order valence-corrected chi connectivity index (χ0v) is 9.43. The summed E-state index contributed by atoms with van der Waals surface area (Å²) in [5.74, 6) is 0.793. The van der Waals surface area contributed by atoms with Gasteiger partial charge in [0.2, 0.25) is 0 Å². The van der Waals surface area contributed by atoms with Crippen LogP contribution in [0.3, 0.4) is 0 Å². The van der Waals surface area contributed by atoms with Gasteiger partial charge in [-0.05, 0) is 31.9 Å². The van der Waals surface area contributed by atoms with Crippen LogP contribution in [0.2, 0.25) is 0 Å². The van der Waals surface area contributed by atoms with E-state index < -0.39 is 0 Å². The van der Waals surface area contributed by atoms with Gasteiger partial charge in [0.25, 0.3) is 0 Å². The molecular weight excluding hydrogens is 190 g/mol. The van der Waals surface area contributed by atoms with Crippen molar-refractivity contribution in [1.82, 2.24) is 4.98 Å². The molecule has 1 atom stereocenters. The molecule has 82 valence electrons. The molecule has 0 aliphatic rings. The van der Waals surface area contributed by atoms with Crippen molar-refractivity contribution in [3.8, 4) is 5.75 Å². The molecule has 1 unspecified atom stereocenters. The Bertz CT molecular complexity index is 323. The van der Waals surface area contributed by atoms with Crippen molar-refractivity contribution in [3.63, 3.8) is 0 Å². The minimum atomic E-state index is 0.0288. The smallest absolute Gasteiger partial charge is 0.138 e. The predicted octanol–water partition coefficient (Wildman–Crippen LogP) is 2.25. The van der Waals surface area contributed by atoms with Crippen LogP contribution in [0.25, 0.3) is 0 Å². The van der Waals surface area contributed by atoms with E-state index in [-0.39, 0.29) is 12.0 Å². The minimum absolute atomic E-state index is 0.0288. The van der Waals surface area contributed by atoms with E-state index in [4.69, 9.17) is 4.74 Å². The van der Waals surface area contributed by atoms with Crippen LogP contribution < -0.4 is 4.74 Å². The number of ether oxygens (including phenoxy) is 1. The number of aldehydes is 1. The first-order chi connectivity index (χ1) is 7.11. The number of carbonyl (C=O) groups is 1. The third-order valence-electron chi connectivity index (χ3n) is 1.93. The first kappa shape index (κ1) is 11.7. The normalized spacial score (nSPS) is 12.5. The van der Waals surface area contributed by atoms with Gasteiger partial charge >= 0.3 is 0 Å². The van der Waals surface area contributed by atoms with Crippen molar-refractivity contribution >= 4 is 6.29 Å². The second kappa shape index (κ2) is 5.49. The highest BCUT2D eigenvalue weighted by Crippen LogP contribution is 2.15. The highest BCUT2D eigenvalue weighted by atomic mass is 16.5. The van der Waals surface area contributed by atoms with E-state index in [1.165, 1.54) is 0 Å². The average Bonchev–Trinajstić information content (AvgIpc) is 2.17. The lowest BCUT2D eigenvalue weighted by atomic mass is 10.0. The van der Waals surface area contributed by atoms with Gasteiger partial charge in [-0.2, -0.15) is 0 Å². The van der Waals surface area contributed by atoms with Gasteiger partial charge in [-0.1, -0.05) is 6.92 Å². The van der Waals surface area contributed by atoms with Crippen LogP contribution >= 0.6 is 0 Å². The summed E-state index contributed by atoms with van der Waals surface area (Å²) in [7, 11) is 0. The molecule has 0 fully saturated rings. The van der Waals surface area contributed by atoms with Gasteiger partial charge in [-0.15, -0.1) is 0 Å². The Morgan fingerprint density at radius 1 is 1.40 bits per heavy atom. The van der Waals surface area contributed by atoms with E-state index in [2.05, 4.69) is 4.98 Å². The molecule has 0 amide bonds. The highest BCUT2D eigenvalue weighted by Gasteiger charge is 2.04. The second-order valence-electron chi connectivity index (χ2n) is 4.01. The summed E-state index contributed by atoms with van der Waals surface area (Å²) in [6, 6.07) is 1.94. The largest absolute Gasteiger partial charge is 0.489 e. The fraction of sp³-hybridized carbons (Fsp3) is 0.500. The maximum Gasteiger partial charge on any atom is 0.138 e. The van der Waals surface area contributed by atoms with Crippen LogP contribution in [-0.4, -0.2) is 17.4 Å². The van der Waals surface area contributed by atoms with Crippen molar-refractivity contribution in [2.75, 3.05) is 0 Å². The van der Waals surface area contributed by atoms with Crippen LogP contribution in [0.4, 0.5) is 0 Å². The Balaban J connectivity index is 2.69. The molecule has 0 saturated carbocycles. The van der Waals surface area contributed by atoms with E-state index in [0.29, 0.717) is 6.42 Å². The quantitative estimate of drug-likeness (QED) is 0.695. The van der Waals surface area contributed by atoms with Crippen LogP contribution in [0, 0.1) is 5.92 Å². The molecular formula is C12H17NO2. The second-order valence-corrected chi connectivity index (χ2v) is 4.01. The molecule has 1 rings (SSSR count). The fourth-order valence-electron chi connectivity index (χ4n) is 1.33. The summed E-state index contributed by atoms with van der Waals surface area (Å²) in [4.78, 5) is 14.6. The highest BCUT2D eigenvalue weighted by molar-refractivity contribution is 5.53. The van der Waals surface area contributed by atoms with Crippen molar-refractivity contribution < 1.29 is 9.53 Å². The average molecular weight is 207 g/mol. The van der Waals surface area contributed by atoms with Crippen LogP contribution in [0.15, 0.2) is 18.5 Å². The molecule has 0 aliphatic heterocycles. The summed E-state index contributed by atoms with van der Waals surface area (Å²) < 4.78 is 5.52. The maximum absolute atomic E-state index is 10.5. The third kappa shape index (κ3) is 4.11. The fourth-order valence-corrected chi connectivity index (χ4v) is 1.33. The molecule has 15 heavy (non-hydrogen) atoms. The molecule has 1 heterocycles. The SMILES string of the molecule is CC(C=O)Cc1cncc(OC(C)C)c1. The Labute approximate surface area is 90.5 Å². The number of rotatable bonds is 5. The monoisotopic (exact) mass is 207 g/mol. The predicted molar refractivity (Wildman–Crippen MR) is 58.9 cm³/mol. The van der Waals surface area contributed by atoms with Crippen LogP contribution in [0.5, 0.6) is 5.75 Å². The molecule has 1 aromatic heterocycles. The van der Waals surface area contributed by atoms with E-state index in [9.17, 15) is 4.79 Å². The number of hydrogen-bond acceptors (Lipinski definition) is 3. The number of aromatic nitrogens is 1. The summed E-state index contributed by atoms with van der Waals surface area (Å²) in [5.41, 5.74) is 1.03. The van der Waals surface area contributed by atoms with Gasteiger partial charge < -0.3 is 9.53 Å². The molecule has 3 heteroatoms. The molecule has 1 aromatic rings. The first-order valence-electron chi connectivity index (χ1n) is 5.17. The number of carbonyl (C=O) groups excluding carboxylic acids is 1. The lowest BCUT2D eigenvalue weighted by molar-refractivity contribution is -0.110. The molecule has 0 aromatic carbocycles. The van der Waals surface area contributed by atoms with E-state index >= 15 is 0 Å². The summed E-state index contributed by atoms with van der Waals surface area (Å²) in [6.45, 7) is 5.84. The topological polar surface area (TPSA) is 39.2 Å². The van der Waals surface area contributed by atoms with Gasteiger partial charge in [0, 0.05) is 12.1 Å². The minimum Gasteiger partial charge on any atom is -0.489 e. The van der Waals surface area contributed by atoms with Gasteiger partial charge in [-0.3, -0.25) is 4.98 Å². The van der Waals surface area contributed by atoms with E-state index in [0.717, 1.165) is 17.6 Å². The Hall–Kier alpha value is -1.38. The molecule has 0 radical (unpaired) electrons. The van der Waals surface area contributed by atoms with Gasteiger partial charge in [0.05, 0.1) is 12.3 Å². The van der Waals surface area contributed by atoms with Crippen molar-refractivity contribution in [2.24, 2.45) is 5.92 Å². The lowest BCUT2D eigenvalue weighted by Crippen LogP contribution is -2.07. The van der Waals surface area contributed by atoms with Crippen LogP contribution in [-0.2, 0) is 11.2 Å². The summed E-state index contributed by atoms with van der Waals surface area (Å²) in [6.07, 6.45) is 5.27. The van der Waals surface area contributed by atoms with Gasteiger partial charge in [0.15, 0.2) is 0 Å². The molecule has 0 spiro atoms. The molecule has 3 nitrogen and oxygen atoms in total. The first-order valence-corrected chi connectivity index (χ1v) is 5.17. The molecule has 0 saturated heterocycles. The van der Waals surface area contributed by atoms with Crippen molar-refractivity contribution in [3.05, 3.63) is 24.0 Å². The van der Waals surface area contributed by atoms with Crippen molar-refractivity contribution in [2.45, 2.75) is 33.3 Å². The third-order valence-corrected chi connectivity index (χ3v) is 1.93. The van der Waals surface area contributed by atoms with E-state index in [1.807, 2.05) is 26.8 Å². The Morgan fingerprint density at radius 2 is 2.13 bits per heavy atom.